The molecule has 1 unspecified atom stereocenters. The van der Waals surface area contributed by atoms with Gasteiger partial charge in [-0.25, -0.2) is 4.79 Å². The van der Waals surface area contributed by atoms with Gasteiger partial charge in [0.05, 0.1) is 12.7 Å². The van der Waals surface area contributed by atoms with Crippen molar-refractivity contribution in [1.82, 2.24) is 0 Å². The molecular weight excluding hydrogens is 298 g/mol. The molecule has 3 aromatic carbocycles. The lowest BCUT2D eigenvalue weighted by atomic mass is 9.75. The Morgan fingerprint density at radius 3 is 2.29 bits per heavy atom. The van der Waals surface area contributed by atoms with Crippen LogP contribution < -0.4 is 0 Å². The van der Waals surface area contributed by atoms with Crippen LogP contribution in [-0.2, 0) is 14.9 Å². The summed E-state index contributed by atoms with van der Waals surface area (Å²) in [5, 5.41) is 12.0. The fourth-order valence-corrected chi connectivity index (χ4v) is 2.93. The first-order valence-electron chi connectivity index (χ1n) is 7.85. The van der Waals surface area contributed by atoms with Crippen LogP contribution in [-0.4, -0.2) is 12.6 Å². The maximum absolute atomic E-state index is 12.8. The van der Waals surface area contributed by atoms with Gasteiger partial charge in [-0.2, -0.15) is 5.26 Å². The van der Waals surface area contributed by atoms with E-state index in [9.17, 15) is 10.1 Å². The number of hydrogen-bond acceptors (Lipinski definition) is 3. The number of carbonyl (C=O) groups is 1. The summed E-state index contributed by atoms with van der Waals surface area (Å²) in [6.07, 6.45) is 0. The molecule has 0 radical (unpaired) electrons. The molecule has 0 saturated carbocycles. The van der Waals surface area contributed by atoms with E-state index in [1.807, 2.05) is 60.7 Å². The summed E-state index contributed by atoms with van der Waals surface area (Å²) in [6.45, 7) is 1.97. The number of esters is 1. The van der Waals surface area contributed by atoms with Crippen LogP contribution in [0.5, 0.6) is 0 Å². The predicted molar refractivity (Wildman–Crippen MR) is 93.4 cm³/mol. The van der Waals surface area contributed by atoms with Crippen molar-refractivity contribution in [2.24, 2.45) is 0 Å². The molecule has 0 heterocycles. The minimum Gasteiger partial charge on any atom is -0.464 e. The Morgan fingerprint density at radius 2 is 1.62 bits per heavy atom. The lowest BCUT2D eigenvalue weighted by Gasteiger charge is -2.25. The fourth-order valence-electron chi connectivity index (χ4n) is 2.93. The van der Waals surface area contributed by atoms with Crippen molar-refractivity contribution in [2.75, 3.05) is 6.61 Å². The largest absolute Gasteiger partial charge is 0.464 e. The molecule has 0 aliphatic heterocycles. The van der Waals surface area contributed by atoms with E-state index in [1.54, 1.807) is 19.1 Å². The second-order valence-electron chi connectivity index (χ2n) is 5.51. The minimum atomic E-state index is -1.47. The second-order valence-corrected chi connectivity index (χ2v) is 5.51. The smallest absolute Gasteiger partial charge is 0.335 e. The maximum atomic E-state index is 12.8. The summed E-state index contributed by atoms with van der Waals surface area (Å²) < 4.78 is 5.26. The van der Waals surface area contributed by atoms with Crippen LogP contribution in [0.15, 0.2) is 72.8 Å². The second kappa shape index (κ2) is 6.55. The van der Waals surface area contributed by atoms with Crippen molar-refractivity contribution in [1.29, 1.82) is 5.26 Å². The maximum Gasteiger partial charge on any atom is 0.335 e. The lowest BCUT2D eigenvalue weighted by molar-refractivity contribution is -0.146. The molecule has 0 fully saturated rings. The van der Waals surface area contributed by atoms with E-state index in [1.165, 1.54) is 0 Å². The van der Waals surface area contributed by atoms with E-state index in [2.05, 4.69) is 6.07 Å². The van der Waals surface area contributed by atoms with Crippen molar-refractivity contribution in [3.05, 3.63) is 83.9 Å². The molecule has 0 spiro atoms. The van der Waals surface area contributed by atoms with Crippen molar-refractivity contribution >= 4 is 16.7 Å². The number of carbonyl (C=O) groups excluding carboxylic acids is 1. The molecule has 3 rings (SSSR count). The first kappa shape index (κ1) is 15.8. The Morgan fingerprint density at radius 1 is 0.958 bits per heavy atom. The summed E-state index contributed by atoms with van der Waals surface area (Å²) in [5.74, 6) is -0.547. The van der Waals surface area contributed by atoms with Gasteiger partial charge in [-0.05, 0) is 34.9 Å². The molecule has 1 atom stereocenters. The molecule has 24 heavy (non-hydrogen) atoms. The summed E-state index contributed by atoms with van der Waals surface area (Å²) in [7, 11) is 0. The van der Waals surface area contributed by atoms with Crippen LogP contribution in [0.25, 0.3) is 10.8 Å². The molecule has 0 aliphatic carbocycles. The molecule has 0 aliphatic rings. The molecular formula is C21H17NO2. The summed E-state index contributed by atoms with van der Waals surface area (Å²) in [4.78, 5) is 12.8. The first-order chi connectivity index (χ1) is 11.7. The van der Waals surface area contributed by atoms with E-state index in [4.69, 9.17) is 4.74 Å². The summed E-state index contributed by atoms with van der Waals surface area (Å²) in [5.41, 5.74) is -0.240. The van der Waals surface area contributed by atoms with Gasteiger partial charge in [0.15, 0.2) is 0 Å². The van der Waals surface area contributed by atoms with E-state index in [0.717, 1.165) is 10.8 Å². The highest BCUT2D eigenvalue weighted by Crippen LogP contribution is 2.35. The van der Waals surface area contributed by atoms with Gasteiger partial charge in [-0.15, -0.1) is 0 Å². The van der Waals surface area contributed by atoms with Crippen LogP contribution in [0.4, 0.5) is 0 Å². The van der Waals surface area contributed by atoms with Crippen LogP contribution in [0.2, 0.25) is 0 Å². The molecule has 0 N–H and O–H groups in total. The molecule has 0 bridgehead atoms. The third-order valence-corrected chi connectivity index (χ3v) is 4.14. The van der Waals surface area contributed by atoms with Gasteiger partial charge >= 0.3 is 5.97 Å². The fraction of sp³-hybridized carbons (Fsp3) is 0.143. The molecule has 0 amide bonds. The minimum absolute atomic E-state index is 0.225. The van der Waals surface area contributed by atoms with E-state index >= 15 is 0 Å². The van der Waals surface area contributed by atoms with Gasteiger partial charge in [0.1, 0.15) is 0 Å². The zero-order chi connectivity index (χ0) is 17.0. The van der Waals surface area contributed by atoms with E-state index in [0.29, 0.717) is 11.1 Å². The van der Waals surface area contributed by atoms with Crippen LogP contribution in [0, 0.1) is 11.3 Å². The van der Waals surface area contributed by atoms with Gasteiger partial charge in [0.25, 0.3) is 0 Å². The standard InChI is InChI=1S/C21H17NO2/c1-2-24-20(23)21(15-22,18-10-4-3-5-11-18)19-13-12-16-8-6-7-9-17(16)14-19/h3-14H,2H2,1H3. The zero-order valence-electron chi connectivity index (χ0n) is 13.4. The highest BCUT2D eigenvalue weighted by molar-refractivity contribution is 5.93. The molecule has 3 heteroatoms. The molecule has 118 valence electrons. The lowest BCUT2D eigenvalue weighted by Crippen LogP contribution is -2.37. The van der Waals surface area contributed by atoms with Gasteiger partial charge in [-0.1, -0.05) is 66.7 Å². The topological polar surface area (TPSA) is 50.1 Å². The van der Waals surface area contributed by atoms with Gasteiger partial charge in [0.2, 0.25) is 5.41 Å². The third kappa shape index (κ3) is 2.53. The first-order valence-corrected chi connectivity index (χ1v) is 7.85. The molecule has 3 aromatic rings. The number of benzene rings is 3. The number of hydrogen-bond donors (Lipinski definition) is 0. The van der Waals surface area contributed by atoms with E-state index < -0.39 is 11.4 Å². The van der Waals surface area contributed by atoms with Gasteiger partial charge in [-0.3, -0.25) is 0 Å². The Kier molecular flexibility index (Phi) is 4.31. The van der Waals surface area contributed by atoms with Crippen LogP contribution in [0.3, 0.4) is 0 Å². The normalized spacial score (nSPS) is 13.0. The van der Waals surface area contributed by atoms with Gasteiger partial charge in [0, 0.05) is 0 Å². The van der Waals surface area contributed by atoms with Crippen molar-refractivity contribution in [3.63, 3.8) is 0 Å². The van der Waals surface area contributed by atoms with Crippen molar-refractivity contribution in [3.8, 4) is 6.07 Å². The molecule has 3 nitrogen and oxygen atoms in total. The quantitative estimate of drug-likeness (QED) is 0.678. The highest BCUT2D eigenvalue weighted by atomic mass is 16.5. The number of fused-ring (bicyclic) bond motifs is 1. The Bertz CT molecular complexity index is 912. The average molecular weight is 315 g/mol. The highest BCUT2D eigenvalue weighted by Gasteiger charge is 2.44. The average Bonchev–Trinajstić information content (AvgIpc) is 2.64. The molecule has 0 saturated heterocycles. The zero-order valence-corrected chi connectivity index (χ0v) is 13.4. The van der Waals surface area contributed by atoms with Crippen molar-refractivity contribution < 1.29 is 9.53 Å². The van der Waals surface area contributed by atoms with Crippen molar-refractivity contribution in [2.45, 2.75) is 12.3 Å². The SMILES string of the molecule is CCOC(=O)C(C#N)(c1ccccc1)c1ccc2ccccc2c1. The van der Waals surface area contributed by atoms with Crippen LogP contribution in [0.1, 0.15) is 18.1 Å². The number of ether oxygens (including phenoxy) is 1. The monoisotopic (exact) mass is 315 g/mol. The third-order valence-electron chi connectivity index (χ3n) is 4.14. The molecule has 0 aromatic heterocycles. The summed E-state index contributed by atoms with van der Waals surface area (Å²) in [6, 6.07) is 24.8. The Balaban J connectivity index is 2.27. The van der Waals surface area contributed by atoms with E-state index in [-0.39, 0.29) is 6.61 Å². The summed E-state index contributed by atoms with van der Waals surface area (Å²) >= 11 is 0. The number of nitriles is 1. The predicted octanol–water partition coefficient (Wildman–Crippen LogP) is 4.21. The Labute approximate surface area is 141 Å². The van der Waals surface area contributed by atoms with Gasteiger partial charge < -0.3 is 4.74 Å². The number of rotatable bonds is 4. The van der Waals surface area contributed by atoms with Crippen LogP contribution >= 0.6 is 0 Å². The number of nitrogens with zero attached hydrogens (tertiary/aromatic N) is 1. The Hall–Kier alpha value is -3.12.